The fourth-order valence-corrected chi connectivity index (χ4v) is 3.30. The predicted molar refractivity (Wildman–Crippen MR) is 102 cm³/mol. The molecule has 2 heterocycles. The van der Waals surface area contributed by atoms with Crippen molar-refractivity contribution in [3.63, 3.8) is 0 Å². The van der Waals surface area contributed by atoms with Gasteiger partial charge >= 0.3 is 0 Å². The first-order valence-electron chi connectivity index (χ1n) is 7.51. The molecule has 0 aliphatic heterocycles. The van der Waals surface area contributed by atoms with Gasteiger partial charge in [-0.2, -0.15) is 0 Å². The first kappa shape index (κ1) is 17.8. The van der Waals surface area contributed by atoms with Crippen molar-refractivity contribution in [2.75, 3.05) is 10.6 Å². The van der Waals surface area contributed by atoms with Gasteiger partial charge in [-0.3, -0.25) is 9.59 Å². The molecule has 0 fully saturated rings. The van der Waals surface area contributed by atoms with Crippen molar-refractivity contribution in [3.05, 3.63) is 64.6 Å². The van der Waals surface area contributed by atoms with Gasteiger partial charge < -0.3 is 16.4 Å². The van der Waals surface area contributed by atoms with Crippen molar-refractivity contribution in [1.29, 1.82) is 0 Å². The number of benzene rings is 1. The van der Waals surface area contributed by atoms with E-state index in [-0.39, 0.29) is 21.4 Å². The number of hydrogen-bond donors (Lipinski definition) is 3. The number of nitrogens with zero attached hydrogens (tertiary/aromatic N) is 2. The topological polar surface area (TPSA) is 110 Å². The largest absolute Gasteiger partial charge is 0.364 e. The van der Waals surface area contributed by atoms with Crippen molar-refractivity contribution in [1.82, 2.24) is 9.97 Å². The smallest absolute Gasteiger partial charge is 0.270 e. The summed E-state index contributed by atoms with van der Waals surface area (Å²) in [5, 5.41) is 6.43. The third-order valence-electron chi connectivity index (χ3n) is 3.35. The minimum Gasteiger partial charge on any atom is -0.364 e. The molecule has 0 saturated heterocycles. The monoisotopic (exact) mass is 387 g/mol. The molecule has 4 N–H and O–H groups in total. The quantitative estimate of drug-likeness (QED) is 0.579. The fraction of sp³-hybridized carbons (Fsp3) is 0.0588. The Morgan fingerprint density at radius 2 is 1.85 bits per heavy atom. The molecule has 3 rings (SSSR count). The van der Waals surface area contributed by atoms with Crippen LogP contribution in [-0.4, -0.2) is 21.8 Å². The van der Waals surface area contributed by atoms with Crippen molar-refractivity contribution < 1.29 is 9.59 Å². The molecule has 0 unspecified atom stereocenters. The summed E-state index contributed by atoms with van der Waals surface area (Å²) < 4.78 is 0. The number of anilines is 3. The number of aryl methyl sites for hydroxylation is 1. The number of halogens is 1. The first-order valence-corrected chi connectivity index (χ1v) is 8.70. The Bertz CT molecular complexity index is 975. The molecule has 26 heavy (non-hydrogen) atoms. The highest BCUT2D eigenvalue weighted by atomic mass is 35.5. The molecule has 132 valence electrons. The van der Waals surface area contributed by atoms with Gasteiger partial charge in [0.05, 0.1) is 5.56 Å². The molecule has 0 bridgehead atoms. The van der Waals surface area contributed by atoms with Gasteiger partial charge in [0.1, 0.15) is 10.2 Å². The molecule has 0 aliphatic rings. The normalized spacial score (nSPS) is 10.4. The van der Waals surface area contributed by atoms with Crippen molar-refractivity contribution >= 4 is 50.6 Å². The highest BCUT2D eigenvalue weighted by Gasteiger charge is 2.20. The number of carbonyl (C=O) groups excluding carboxylic acids is 2. The Labute approximate surface area is 158 Å². The van der Waals surface area contributed by atoms with Crippen LogP contribution >= 0.6 is 22.9 Å². The van der Waals surface area contributed by atoms with Gasteiger partial charge in [-0.15, -0.1) is 0 Å². The number of para-hydroxylation sites is 1. The van der Waals surface area contributed by atoms with E-state index in [2.05, 4.69) is 20.6 Å². The van der Waals surface area contributed by atoms with Gasteiger partial charge in [0, 0.05) is 11.4 Å². The molecule has 3 aromatic rings. The molecule has 0 atom stereocenters. The van der Waals surface area contributed by atoms with Gasteiger partial charge in [0.15, 0.2) is 10.8 Å². The molecule has 0 spiro atoms. The minimum atomic E-state index is -0.745. The van der Waals surface area contributed by atoms with Crippen LogP contribution in [0.4, 0.5) is 15.8 Å². The zero-order valence-corrected chi connectivity index (χ0v) is 15.2. The van der Waals surface area contributed by atoms with Crippen LogP contribution in [0.2, 0.25) is 5.15 Å². The van der Waals surface area contributed by atoms with E-state index in [1.807, 2.05) is 30.3 Å². The minimum absolute atomic E-state index is 0.0297. The SMILES string of the molecule is Cc1ccc(C(=O)Nc2sc(Nc3ccccc3)nc2C(N)=O)c(Cl)n1. The molecule has 2 aromatic heterocycles. The molecular weight excluding hydrogens is 374 g/mol. The predicted octanol–water partition coefficient (Wildman–Crippen LogP) is 3.59. The first-order chi connectivity index (χ1) is 12.4. The van der Waals surface area contributed by atoms with E-state index in [9.17, 15) is 9.59 Å². The number of rotatable bonds is 5. The number of nitrogens with one attached hydrogen (secondary N) is 2. The Hall–Kier alpha value is -2.97. The summed E-state index contributed by atoms with van der Waals surface area (Å²) in [5.41, 5.74) is 7.02. The average Bonchev–Trinajstić information content (AvgIpc) is 2.98. The van der Waals surface area contributed by atoms with Crippen LogP contribution < -0.4 is 16.4 Å². The van der Waals surface area contributed by atoms with Gasteiger partial charge in [0.25, 0.3) is 11.8 Å². The zero-order chi connectivity index (χ0) is 18.7. The second kappa shape index (κ2) is 7.51. The molecule has 1 aromatic carbocycles. The molecule has 9 heteroatoms. The number of carbonyl (C=O) groups is 2. The van der Waals surface area contributed by atoms with Crippen LogP contribution in [-0.2, 0) is 0 Å². The van der Waals surface area contributed by atoms with Crippen LogP contribution in [0.25, 0.3) is 0 Å². The zero-order valence-electron chi connectivity index (χ0n) is 13.6. The fourth-order valence-electron chi connectivity index (χ4n) is 2.14. The number of thiazole rings is 1. The summed E-state index contributed by atoms with van der Waals surface area (Å²) in [4.78, 5) is 32.3. The molecular formula is C17H14ClN5O2S. The van der Waals surface area contributed by atoms with Gasteiger partial charge in [-0.25, -0.2) is 9.97 Å². The second-order valence-corrected chi connectivity index (χ2v) is 6.65. The van der Waals surface area contributed by atoms with Crippen LogP contribution in [0.3, 0.4) is 0 Å². The second-order valence-electron chi connectivity index (χ2n) is 5.30. The molecule has 0 radical (unpaired) electrons. The lowest BCUT2D eigenvalue weighted by atomic mass is 10.2. The number of aromatic nitrogens is 2. The maximum Gasteiger partial charge on any atom is 0.270 e. The third-order valence-corrected chi connectivity index (χ3v) is 4.52. The molecule has 2 amide bonds. The molecule has 0 saturated carbocycles. The summed E-state index contributed by atoms with van der Waals surface area (Å²) in [6.45, 7) is 1.77. The Morgan fingerprint density at radius 3 is 2.50 bits per heavy atom. The molecule has 7 nitrogen and oxygen atoms in total. The van der Waals surface area contributed by atoms with Gasteiger partial charge in [-0.05, 0) is 31.2 Å². The maximum atomic E-state index is 12.5. The number of pyridine rings is 1. The lowest BCUT2D eigenvalue weighted by Gasteiger charge is -2.05. The highest BCUT2D eigenvalue weighted by Crippen LogP contribution is 2.31. The third kappa shape index (κ3) is 3.98. The summed E-state index contributed by atoms with van der Waals surface area (Å²) >= 11 is 7.11. The summed E-state index contributed by atoms with van der Waals surface area (Å²) in [5.74, 6) is -1.24. The lowest BCUT2D eigenvalue weighted by Crippen LogP contribution is -2.18. The van der Waals surface area contributed by atoms with Crippen LogP contribution in [0.5, 0.6) is 0 Å². The van der Waals surface area contributed by atoms with Gasteiger partial charge in [-0.1, -0.05) is 41.1 Å². The van der Waals surface area contributed by atoms with Crippen molar-refractivity contribution in [3.8, 4) is 0 Å². The Morgan fingerprint density at radius 1 is 1.12 bits per heavy atom. The highest BCUT2D eigenvalue weighted by molar-refractivity contribution is 7.20. The van der Waals surface area contributed by atoms with Crippen molar-refractivity contribution in [2.24, 2.45) is 5.73 Å². The lowest BCUT2D eigenvalue weighted by molar-refractivity contribution is 0.0997. The summed E-state index contributed by atoms with van der Waals surface area (Å²) in [6.07, 6.45) is 0. The van der Waals surface area contributed by atoms with Crippen LogP contribution in [0.1, 0.15) is 26.5 Å². The Kier molecular flexibility index (Phi) is 5.15. The Balaban J connectivity index is 1.86. The van der Waals surface area contributed by atoms with E-state index in [0.717, 1.165) is 17.0 Å². The van der Waals surface area contributed by atoms with E-state index in [0.29, 0.717) is 10.8 Å². The average molecular weight is 388 g/mol. The van der Waals surface area contributed by atoms with Crippen LogP contribution in [0, 0.1) is 6.92 Å². The number of primary amides is 1. The van der Waals surface area contributed by atoms with E-state index >= 15 is 0 Å². The number of amides is 2. The standard InChI is InChI=1S/C17H14ClN5O2S/c1-9-7-8-11(13(18)20-9)15(25)23-16-12(14(19)24)22-17(26-16)21-10-5-3-2-4-6-10/h2-8H,1H3,(H2,19,24)(H,21,22)(H,23,25). The van der Waals surface area contributed by atoms with E-state index in [1.165, 1.54) is 0 Å². The van der Waals surface area contributed by atoms with E-state index in [4.69, 9.17) is 17.3 Å². The summed E-state index contributed by atoms with van der Waals surface area (Å²) in [7, 11) is 0. The van der Waals surface area contributed by atoms with Crippen molar-refractivity contribution in [2.45, 2.75) is 6.92 Å². The van der Waals surface area contributed by atoms with E-state index in [1.54, 1.807) is 19.1 Å². The van der Waals surface area contributed by atoms with Gasteiger partial charge in [0.2, 0.25) is 0 Å². The maximum absolute atomic E-state index is 12.5. The summed E-state index contributed by atoms with van der Waals surface area (Å²) in [6, 6.07) is 12.5. The number of nitrogens with two attached hydrogens (primary N) is 1. The van der Waals surface area contributed by atoms with E-state index < -0.39 is 11.8 Å². The number of hydrogen-bond acceptors (Lipinski definition) is 6. The van der Waals surface area contributed by atoms with Crippen LogP contribution in [0.15, 0.2) is 42.5 Å². The molecule has 0 aliphatic carbocycles.